The summed E-state index contributed by atoms with van der Waals surface area (Å²) in [5.74, 6) is 0.350. The number of carbonyl (C=O) groups excluding carboxylic acids is 1. The molecule has 16 heavy (non-hydrogen) atoms. The van der Waals surface area contributed by atoms with Gasteiger partial charge in [0.1, 0.15) is 0 Å². The lowest BCUT2D eigenvalue weighted by atomic mass is 9.75. The SMILES string of the molecule is CCOC(=O)C1(CCCC#N)CCCC1C. The summed E-state index contributed by atoms with van der Waals surface area (Å²) < 4.78 is 5.21. The summed E-state index contributed by atoms with van der Waals surface area (Å²) in [6, 6.07) is 2.14. The molecule has 1 saturated carbocycles. The normalized spacial score (nSPS) is 28.7. The molecule has 0 amide bonds. The van der Waals surface area contributed by atoms with Gasteiger partial charge in [-0.25, -0.2) is 0 Å². The van der Waals surface area contributed by atoms with E-state index >= 15 is 0 Å². The Morgan fingerprint density at radius 1 is 1.62 bits per heavy atom. The van der Waals surface area contributed by atoms with E-state index in [4.69, 9.17) is 10.00 Å². The van der Waals surface area contributed by atoms with Crippen LogP contribution in [0.3, 0.4) is 0 Å². The number of rotatable bonds is 5. The molecule has 1 fully saturated rings. The smallest absolute Gasteiger partial charge is 0.312 e. The van der Waals surface area contributed by atoms with Gasteiger partial charge >= 0.3 is 5.97 Å². The second kappa shape index (κ2) is 5.89. The predicted octanol–water partition coefficient (Wildman–Crippen LogP) is 3.05. The molecule has 0 spiro atoms. The third-order valence-corrected chi connectivity index (χ3v) is 3.80. The van der Waals surface area contributed by atoms with Gasteiger partial charge in [0, 0.05) is 6.42 Å². The summed E-state index contributed by atoms with van der Waals surface area (Å²) in [6.45, 7) is 4.43. The minimum atomic E-state index is -0.299. The van der Waals surface area contributed by atoms with E-state index in [9.17, 15) is 4.79 Å². The highest BCUT2D eigenvalue weighted by molar-refractivity contribution is 5.77. The minimum absolute atomic E-state index is 0.0436. The molecule has 0 heterocycles. The number of nitrogens with zero attached hydrogens (tertiary/aromatic N) is 1. The topological polar surface area (TPSA) is 50.1 Å². The zero-order valence-corrected chi connectivity index (χ0v) is 10.3. The monoisotopic (exact) mass is 223 g/mol. The highest BCUT2D eigenvalue weighted by Gasteiger charge is 2.47. The highest BCUT2D eigenvalue weighted by Crippen LogP contribution is 2.47. The van der Waals surface area contributed by atoms with E-state index in [0.29, 0.717) is 18.9 Å². The quantitative estimate of drug-likeness (QED) is 0.531. The average Bonchev–Trinajstić information content (AvgIpc) is 2.62. The number of nitriles is 1. The van der Waals surface area contributed by atoms with Crippen LogP contribution in [0.2, 0.25) is 0 Å². The highest BCUT2D eigenvalue weighted by atomic mass is 16.5. The Balaban J connectivity index is 2.69. The first kappa shape index (κ1) is 13.0. The van der Waals surface area contributed by atoms with Gasteiger partial charge < -0.3 is 4.74 Å². The summed E-state index contributed by atoms with van der Waals surface area (Å²) in [6.07, 6.45) is 5.28. The summed E-state index contributed by atoms with van der Waals surface area (Å²) in [5, 5.41) is 8.57. The molecule has 0 aliphatic heterocycles. The number of hydrogen-bond donors (Lipinski definition) is 0. The maximum atomic E-state index is 12.1. The number of esters is 1. The van der Waals surface area contributed by atoms with E-state index in [-0.39, 0.29) is 11.4 Å². The largest absolute Gasteiger partial charge is 0.466 e. The molecular formula is C13H21NO2. The number of unbranched alkanes of at least 4 members (excludes halogenated alkanes) is 1. The standard InChI is InChI=1S/C13H21NO2/c1-3-16-12(15)13(8-4-5-10-14)9-6-7-11(13)2/h11H,3-9H2,1-2H3. The predicted molar refractivity (Wildman–Crippen MR) is 61.5 cm³/mol. The van der Waals surface area contributed by atoms with Crippen molar-refractivity contribution in [2.75, 3.05) is 6.61 Å². The molecule has 0 aromatic rings. The minimum Gasteiger partial charge on any atom is -0.466 e. The zero-order valence-electron chi connectivity index (χ0n) is 10.3. The fourth-order valence-electron chi connectivity index (χ4n) is 2.78. The van der Waals surface area contributed by atoms with Gasteiger partial charge in [-0.2, -0.15) is 5.26 Å². The van der Waals surface area contributed by atoms with Crippen LogP contribution in [0.5, 0.6) is 0 Å². The van der Waals surface area contributed by atoms with Gasteiger partial charge in [-0.05, 0) is 38.5 Å². The van der Waals surface area contributed by atoms with Gasteiger partial charge in [0.2, 0.25) is 0 Å². The molecule has 2 unspecified atom stereocenters. The Kier molecular flexibility index (Phi) is 4.79. The van der Waals surface area contributed by atoms with Crippen molar-refractivity contribution in [3.8, 4) is 6.07 Å². The third kappa shape index (κ3) is 2.55. The van der Waals surface area contributed by atoms with Crippen LogP contribution in [0.25, 0.3) is 0 Å². The van der Waals surface area contributed by atoms with Crippen LogP contribution in [0.1, 0.15) is 52.4 Å². The summed E-state index contributed by atoms with van der Waals surface area (Å²) >= 11 is 0. The molecule has 3 nitrogen and oxygen atoms in total. The Bertz CT molecular complexity index is 282. The number of hydrogen-bond acceptors (Lipinski definition) is 3. The van der Waals surface area contributed by atoms with Crippen LogP contribution < -0.4 is 0 Å². The zero-order chi connectivity index (χ0) is 12.0. The van der Waals surface area contributed by atoms with Crippen LogP contribution in [-0.4, -0.2) is 12.6 Å². The van der Waals surface area contributed by atoms with Crippen molar-refractivity contribution in [3.63, 3.8) is 0 Å². The van der Waals surface area contributed by atoms with Crippen LogP contribution in [0.15, 0.2) is 0 Å². The van der Waals surface area contributed by atoms with E-state index in [0.717, 1.165) is 32.1 Å². The van der Waals surface area contributed by atoms with E-state index in [1.54, 1.807) is 0 Å². The van der Waals surface area contributed by atoms with Crippen LogP contribution in [-0.2, 0) is 9.53 Å². The number of carbonyl (C=O) groups is 1. The molecule has 2 atom stereocenters. The molecule has 0 aromatic heterocycles. The lowest BCUT2D eigenvalue weighted by Gasteiger charge is -2.31. The Hall–Kier alpha value is -1.04. The Labute approximate surface area is 97.8 Å². The van der Waals surface area contributed by atoms with Crippen molar-refractivity contribution in [2.45, 2.75) is 52.4 Å². The summed E-state index contributed by atoms with van der Waals surface area (Å²) in [7, 11) is 0. The third-order valence-electron chi connectivity index (χ3n) is 3.80. The molecule has 3 heteroatoms. The lowest BCUT2D eigenvalue weighted by Crippen LogP contribution is -2.35. The second-order valence-electron chi connectivity index (χ2n) is 4.68. The average molecular weight is 223 g/mol. The molecular weight excluding hydrogens is 202 g/mol. The van der Waals surface area contributed by atoms with Gasteiger partial charge in [-0.3, -0.25) is 4.79 Å². The molecule has 0 N–H and O–H groups in total. The Morgan fingerprint density at radius 2 is 2.38 bits per heavy atom. The van der Waals surface area contributed by atoms with Crippen molar-refractivity contribution >= 4 is 5.97 Å². The van der Waals surface area contributed by atoms with E-state index in [1.807, 2.05) is 6.92 Å². The first-order valence-corrected chi connectivity index (χ1v) is 6.21. The fourth-order valence-corrected chi connectivity index (χ4v) is 2.78. The van der Waals surface area contributed by atoms with Crippen LogP contribution in [0, 0.1) is 22.7 Å². The molecule has 1 aliphatic rings. The Morgan fingerprint density at radius 3 is 2.88 bits per heavy atom. The van der Waals surface area contributed by atoms with E-state index in [1.165, 1.54) is 0 Å². The van der Waals surface area contributed by atoms with Crippen molar-refractivity contribution < 1.29 is 9.53 Å². The molecule has 0 radical (unpaired) electrons. The van der Waals surface area contributed by atoms with Crippen molar-refractivity contribution in [1.82, 2.24) is 0 Å². The number of ether oxygens (including phenoxy) is 1. The molecule has 1 rings (SSSR count). The lowest BCUT2D eigenvalue weighted by molar-refractivity contribution is -0.158. The molecule has 0 saturated heterocycles. The second-order valence-corrected chi connectivity index (χ2v) is 4.68. The first-order valence-electron chi connectivity index (χ1n) is 6.21. The van der Waals surface area contributed by atoms with Crippen LogP contribution >= 0.6 is 0 Å². The van der Waals surface area contributed by atoms with Crippen LogP contribution in [0.4, 0.5) is 0 Å². The van der Waals surface area contributed by atoms with Gasteiger partial charge in [0.25, 0.3) is 0 Å². The van der Waals surface area contributed by atoms with Crippen molar-refractivity contribution in [3.05, 3.63) is 0 Å². The fraction of sp³-hybridized carbons (Fsp3) is 0.846. The van der Waals surface area contributed by atoms with E-state index < -0.39 is 0 Å². The molecule has 0 aromatic carbocycles. The maximum Gasteiger partial charge on any atom is 0.312 e. The molecule has 1 aliphatic carbocycles. The van der Waals surface area contributed by atoms with Crippen molar-refractivity contribution in [2.24, 2.45) is 11.3 Å². The van der Waals surface area contributed by atoms with Gasteiger partial charge in [0.15, 0.2) is 0 Å². The van der Waals surface area contributed by atoms with Crippen molar-refractivity contribution in [1.29, 1.82) is 5.26 Å². The summed E-state index contributed by atoms with van der Waals surface area (Å²) in [4.78, 5) is 12.1. The van der Waals surface area contributed by atoms with E-state index in [2.05, 4.69) is 13.0 Å². The first-order chi connectivity index (χ1) is 7.67. The summed E-state index contributed by atoms with van der Waals surface area (Å²) in [5.41, 5.74) is -0.299. The molecule has 90 valence electrons. The maximum absolute atomic E-state index is 12.1. The van der Waals surface area contributed by atoms with Gasteiger partial charge in [-0.15, -0.1) is 0 Å². The van der Waals surface area contributed by atoms with Gasteiger partial charge in [-0.1, -0.05) is 13.3 Å². The van der Waals surface area contributed by atoms with Gasteiger partial charge in [0.05, 0.1) is 18.1 Å². The molecule has 0 bridgehead atoms.